The molecular formula is C71H29F30N3. The van der Waals surface area contributed by atoms with E-state index in [1.807, 2.05) is 0 Å². The van der Waals surface area contributed by atoms with Gasteiger partial charge in [-0.05, 0) is 142 Å². The van der Waals surface area contributed by atoms with Crippen molar-refractivity contribution in [2.24, 2.45) is 0 Å². The summed E-state index contributed by atoms with van der Waals surface area (Å²) in [5.74, 6) is 0. The molecule has 2 heterocycles. The van der Waals surface area contributed by atoms with Crippen molar-refractivity contribution in [3.05, 3.63) is 237 Å². The minimum Gasteiger partial charge on any atom is -0.309 e. The van der Waals surface area contributed by atoms with Crippen molar-refractivity contribution < 1.29 is 132 Å². The quantitative estimate of drug-likeness (QED) is 0.146. The van der Waals surface area contributed by atoms with Gasteiger partial charge in [0.15, 0.2) is 0 Å². The lowest BCUT2D eigenvalue weighted by Gasteiger charge is -2.24. The molecule has 0 amide bonds. The Balaban J connectivity index is 1.29. The maximum Gasteiger partial charge on any atom is 0.417 e. The average molecular weight is 1490 g/mol. The normalized spacial score (nSPS) is 13.5. The third kappa shape index (κ3) is 13.2. The van der Waals surface area contributed by atoms with Crippen molar-refractivity contribution >= 4 is 43.6 Å². The maximum absolute atomic E-state index is 16.0. The molecule has 12 rings (SSSR count). The van der Waals surface area contributed by atoms with Gasteiger partial charge < -0.3 is 9.13 Å². The van der Waals surface area contributed by atoms with Crippen molar-refractivity contribution in [2.45, 2.75) is 61.8 Å². The molecule has 0 aliphatic rings. The molecule has 10 aromatic carbocycles. The van der Waals surface area contributed by atoms with Crippen LogP contribution in [0.5, 0.6) is 0 Å². The topological polar surface area (TPSA) is 33.6 Å². The summed E-state index contributed by atoms with van der Waals surface area (Å²) in [6.07, 6.45) is -56.6. The Bertz CT molecular complexity index is 5230. The molecule has 3 nitrogen and oxygen atoms in total. The summed E-state index contributed by atoms with van der Waals surface area (Å²) >= 11 is 0. The van der Waals surface area contributed by atoms with Crippen molar-refractivity contribution in [1.29, 1.82) is 5.26 Å². The molecule has 0 saturated carbocycles. The van der Waals surface area contributed by atoms with Crippen LogP contribution < -0.4 is 0 Å². The van der Waals surface area contributed by atoms with Crippen LogP contribution in [0.2, 0.25) is 0 Å². The molecule has 2 aromatic heterocycles. The lowest BCUT2D eigenvalue weighted by atomic mass is 9.90. The van der Waals surface area contributed by atoms with Crippen LogP contribution in [0, 0.1) is 11.3 Å². The van der Waals surface area contributed by atoms with Gasteiger partial charge in [0.05, 0.1) is 94.6 Å². The number of nitriles is 1. The number of rotatable bonds is 7. The largest absolute Gasteiger partial charge is 0.417 e. The van der Waals surface area contributed by atoms with Crippen LogP contribution in [0.25, 0.3) is 111 Å². The lowest BCUT2D eigenvalue weighted by Crippen LogP contribution is -2.15. The first kappa shape index (κ1) is 73.0. The molecule has 104 heavy (non-hydrogen) atoms. The number of alkyl halides is 30. The van der Waals surface area contributed by atoms with E-state index >= 15 is 79.0 Å². The van der Waals surface area contributed by atoms with Crippen molar-refractivity contribution in [3.8, 4) is 73.1 Å². The van der Waals surface area contributed by atoms with Gasteiger partial charge in [0.2, 0.25) is 0 Å². The number of nitrogens with zero attached hydrogens (tertiary/aromatic N) is 3. The van der Waals surface area contributed by atoms with Gasteiger partial charge in [-0.1, -0.05) is 78.9 Å². The number of benzene rings is 10. The minimum atomic E-state index is -6.00. The monoisotopic (exact) mass is 1490 g/mol. The van der Waals surface area contributed by atoms with E-state index in [4.69, 9.17) is 0 Å². The molecule has 12 aromatic rings. The summed E-state index contributed by atoms with van der Waals surface area (Å²) in [6.45, 7) is 0. The van der Waals surface area contributed by atoms with Crippen molar-refractivity contribution in [1.82, 2.24) is 9.13 Å². The molecule has 0 fully saturated rings. The van der Waals surface area contributed by atoms with Crippen LogP contribution in [0.4, 0.5) is 132 Å². The fraction of sp³-hybridized carbons (Fsp3) is 0.141. The van der Waals surface area contributed by atoms with Gasteiger partial charge in [0.1, 0.15) is 6.07 Å². The molecule has 0 saturated heterocycles. The molecule has 0 aliphatic carbocycles. The Morgan fingerprint density at radius 2 is 0.481 bits per heavy atom. The highest BCUT2D eigenvalue weighted by Gasteiger charge is 2.46. The second kappa shape index (κ2) is 24.1. The Hall–Kier alpha value is -10.8. The Morgan fingerprint density at radius 3 is 0.712 bits per heavy atom. The summed E-state index contributed by atoms with van der Waals surface area (Å²) < 4.78 is 446. The highest BCUT2D eigenvalue weighted by atomic mass is 19.4. The number of halogens is 30. The first-order valence-corrected chi connectivity index (χ1v) is 29.0. The van der Waals surface area contributed by atoms with Gasteiger partial charge in [0, 0.05) is 32.7 Å². The maximum atomic E-state index is 16.0. The highest BCUT2D eigenvalue weighted by Crippen LogP contribution is 2.53. The predicted octanol–water partition coefficient (Wildman–Crippen LogP) is 26.3. The van der Waals surface area contributed by atoms with Crippen LogP contribution in [-0.2, 0) is 61.8 Å². The Kier molecular flexibility index (Phi) is 16.9. The average Bonchev–Trinajstić information content (AvgIpc) is 1.33. The number of fused-ring (bicyclic) bond motifs is 6. The van der Waals surface area contributed by atoms with E-state index in [-0.39, 0.29) is 77.5 Å². The number of hydrogen-bond donors (Lipinski definition) is 0. The number of hydrogen-bond acceptors (Lipinski definition) is 1. The van der Waals surface area contributed by atoms with Gasteiger partial charge in [-0.25, -0.2) is 0 Å². The first-order chi connectivity index (χ1) is 47.8. The summed E-state index contributed by atoms with van der Waals surface area (Å²) in [6, 6.07) is 12.9. The molecule has 538 valence electrons. The molecule has 0 unspecified atom stereocenters. The molecule has 0 spiro atoms. The van der Waals surface area contributed by atoms with Gasteiger partial charge in [0.25, 0.3) is 0 Å². The van der Waals surface area contributed by atoms with E-state index in [0.29, 0.717) is 69.8 Å². The van der Waals surface area contributed by atoms with Crippen LogP contribution in [0.1, 0.15) is 61.2 Å². The van der Waals surface area contributed by atoms with E-state index in [9.17, 15) is 57.9 Å². The van der Waals surface area contributed by atoms with Crippen molar-refractivity contribution in [2.75, 3.05) is 0 Å². The second-order valence-electron chi connectivity index (χ2n) is 23.3. The Morgan fingerprint density at radius 1 is 0.231 bits per heavy atom. The third-order valence-corrected chi connectivity index (χ3v) is 17.0. The number of aromatic nitrogens is 2. The second-order valence-corrected chi connectivity index (χ2v) is 23.3. The van der Waals surface area contributed by atoms with E-state index in [0.717, 1.165) is 48.5 Å². The molecule has 33 heteroatoms. The smallest absolute Gasteiger partial charge is 0.309 e. The van der Waals surface area contributed by atoms with E-state index in [2.05, 4.69) is 0 Å². The molecule has 0 N–H and O–H groups in total. The zero-order valence-electron chi connectivity index (χ0n) is 50.4. The minimum absolute atomic E-state index is 0.0461. The van der Waals surface area contributed by atoms with E-state index in [1.165, 1.54) is 0 Å². The van der Waals surface area contributed by atoms with E-state index in [1.54, 1.807) is 6.07 Å². The molecular weight excluding hydrogens is 1460 g/mol. The molecule has 0 atom stereocenters. The molecule has 0 radical (unpaired) electrons. The lowest BCUT2D eigenvalue weighted by molar-refractivity contribution is -0.144. The van der Waals surface area contributed by atoms with Crippen LogP contribution in [0.15, 0.2) is 176 Å². The van der Waals surface area contributed by atoms with Gasteiger partial charge in [-0.2, -0.15) is 137 Å². The van der Waals surface area contributed by atoms with Gasteiger partial charge >= 0.3 is 61.8 Å². The third-order valence-electron chi connectivity index (χ3n) is 17.0. The zero-order valence-corrected chi connectivity index (χ0v) is 50.4. The standard InChI is InChI=1S/C71H29F30N3/c72-62(73,74)36-8-16-40(51(25-36)68(90,91)92)31-4-12-44-45-13-5-32(41-17-9-37(63(75,76)77)26-52(41)69(93,94)95)21-57(45)103(56(44)20-31)55-29-48(61-49(66(84,85)86)2-1-3-50(61)67(87,88)89)60(24-35(55)30-102)104-58-22-33(42-18-10-38(64(78,79)80)27-53(42)70(96,97)98)6-14-46(58)47-15-7-34(23-59(47)104)43-19-11-39(65(81,82)83)28-54(43)71(99,100)101/h1-29H. The summed E-state index contributed by atoms with van der Waals surface area (Å²) in [5, 5.41) is 9.97. The summed E-state index contributed by atoms with van der Waals surface area (Å²) in [4.78, 5) is 0. The first-order valence-electron chi connectivity index (χ1n) is 29.0. The predicted molar refractivity (Wildman–Crippen MR) is 317 cm³/mol. The molecule has 0 bridgehead atoms. The van der Waals surface area contributed by atoms with E-state index < -0.39 is 223 Å². The fourth-order valence-corrected chi connectivity index (χ4v) is 12.6. The summed E-state index contributed by atoms with van der Waals surface area (Å²) in [5.41, 5.74) is -37.5. The van der Waals surface area contributed by atoms with Gasteiger partial charge in [-0.3, -0.25) is 0 Å². The highest BCUT2D eigenvalue weighted by molar-refractivity contribution is 6.14. The van der Waals surface area contributed by atoms with Crippen LogP contribution >= 0.6 is 0 Å². The van der Waals surface area contributed by atoms with Gasteiger partial charge in [-0.15, -0.1) is 0 Å². The summed E-state index contributed by atoms with van der Waals surface area (Å²) in [7, 11) is 0. The van der Waals surface area contributed by atoms with Crippen molar-refractivity contribution in [3.63, 3.8) is 0 Å². The zero-order chi connectivity index (χ0) is 76.3. The Labute approximate surface area is 560 Å². The SMILES string of the molecule is N#Cc1cc(-n2c3cc(-c4ccc(C(F)(F)F)cc4C(F)(F)F)ccc3c3ccc(-c4ccc(C(F)(F)F)cc4C(F)(F)F)cc32)c(-c2c(C(F)(F)F)cccc2C(F)(F)F)cc1-n1c2cc(-c3ccc(C(F)(F)F)cc3C(F)(F)F)ccc2c2ccc(-c3ccc(C(F)(F)F)cc3C(F)(F)F)cc21. The fourth-order valence-electron chi connectivity index (χ4n) is 12.6. The van der Waals surface area contributed by atoms with Crippen LogP contribution in [0.3, 0.4) is 0 Å². The van der Waals surface area contributed by atoms with Crippen LogP contribution in [-0.4, -0.2) is 9.13 Å². The molecule has 0 aliphatic heterocycles.